The molecule has 0 unspecified atom stereocenters. The maximum absolute atomic E-state index is 12.7. The Kier molecular flexibility index (Phi) is 4.21. The number of halogens is 4. The highest BCUT2D eigenvalue weighted by Gasteiger charge is 2.41. The lowest BCUT2D eigenvalue weighted by molar-refractivity contribution is -0.384. The standard InChI is InChI=1S/C9H6F4N4O2/c10-8(11)9(12,13)4-16-7-6(17(18)19)5(3-14)1-2-15-7/h1-2,8H,4H2,(H,15,16). The van der Waals surface area contributed by atoms with Crippen LogP contribution >= 0.6 is 0 Å². The first-order valence-corrected chi connectivity index (χ1v) is 4.73. The first kappa shape index (κ1) is 14.6. The second-order valence-corrected chi connectivity index (χ2v) is 3.34. The molecule has 0 aliphatic rings. The molecule has 0 spiro atoms. The average Bonchev–Trinajstić information content (AvgIpc) is 2.35. The quantitative estimate of drug-likeness (QED) is 0.506. The number of hydrogen-bond acceptors (Lipinski definition) is 5. The van der Waals surface area contributed by atoms with Crippen molar-refractivity contribution in [3.8, 4) is 6.07 Å². The second-order valence-electron chi connectivity index (χ2n) is 3.34. The van der Waals surface area contributed by atoms with Gasteiger partial charge in [0, 0.05) is 6.20 Å². The van der Waals surface area contributed by atoms with Crippen molar-refractivity contribution in [2.24, 2.45) is 0 Å². The lowest BCUT2D eigenvalue weighted by Gasteiger charge is -2.16. The monoisotopic (exact) mass is 278 g/mol. The van der Waals surface area contributed by atoms with Crippen LogP contribution in [0.2, 0.25) is 0 Å². The normalized spacial score (nSPS) is 11.2. The summed E-state index contributed by atoms with van der Waals surface area (Å²) in [6, 6.07) is 2.49. The summed E-state index contributed by atoms with van der Waals surface area (Å²) in [5.41, 5.74) is -1.25. The van der Waals surface area contributed by atoms with E-state index in [1.54, 1.807) is 5.32 Å². The Morgan fingerprint density at radius 1 is 1.58 bits per heavy atom. The van der Waals surface area contributed by atoms with Crippen molar-refractivity contribution < 1.29 is 22.5 Å². The Labute approximate surface area is 103 Å². The predicted octanol–water partition coefficient (Wildman–Crippen LogP) is 2.17. The van der Waals surface area contributed by atoms with E-state index in [9.17, 15) is 27.7 Å². The van der Waals surface area contributed by atoms with Gasteiger partial charge < -0.3 is 5.32 Å². The number of aromatic nitrogens is 1. The number of anilines is 1. The molecule has 1 heterocycles. The molecule has 6 nitrogen and oxygen atoms in total. The molecule has 10 heteroatoms. The summed E-state index contributed by atoms with van der Waals surface area (Å²) in [4.78, 5) is 13.1. The van der Waals surface area contributed by atoms with Gasteiger partial charge >= 0.3 is 18.0 Å². The summed E-state index contributed by atoms with van der Waals surface area (Å²) in [6.07, 6.45) is -2.95. The van der Waals surface area contributed by atoms with Crippen molar-refractivity contribution in [2.75, 3.05) is 11.9 Å². The van der Waals surface area contributed by atoms with Gasteiger partial charge in [-0.05, 0) is 6.07 Å². The number of rotatable bonds is 5. The summed E-state index contributed by atoms with van der Waals surface area (Å²) in [5.74, 6) is -5.03. The Morgan fingerprint density at radius 3 is 2.68 bits per heavy atom. The summed E-state index contributed by atoms with van der Waals surface area (Å²) < 4.78 is 49.2. The number of pyridine rings is 1. The Bertz CT molecular complexity index is 529. The van der Waals surface area contributed by atoms with E-state index in [0.717, 1.165) is 12.3 Å². The molecule has 0 bridgehead atoms. The smallest absolute Gasteiger partial charge is 0.328 e. The van der Waals surface area contributed by atoms with Gasteiger partial charge in [0.25, 0.3) is 0 Å². The maximum Gasteiger partial charge on any atom is 0.328 e. The van der Waals surface area contributed by atoms with Gasteiger partial charge in [0.2, 0.25) is 5.82 Å². The van der Waals surface area contributed by atoms with Gasteiger partial charge in [-0.1, -0.05) is 0 Å². The van der Waals surface area contributed by atoms with Crippen LogP contribution in [0.5, 0.6) is 0 Å². The first-order valence-electron chi connectivity index (χ1n) is 4.73. The largest absolute Gasteiger partial charge is 0.358 e. The van der Waals surface area contributed by atoms with E-state index in [0.29, 0.717) is 0 Å². The van der Waals surface area contributed by atoms with Crippen LogP contribution in [0.4, 0.5) is 29.1 Å². The van der Waals surface area contributed by atoms with Crippen LogP contribution in [-0.4, -0.2) is 28.8 Å². The van der Waals surface area contributed by atoms with Crippen LogP contribution < -0.4 is 5.32 Å². The molecule has 0 atom stereocenters. The number of nitriles is 1. The van der Waals surface area contributed by atoms with Crippen LogP contribution in [0.25, 0.3) is 0 Å². The summed E-state index contributed by atoms with van der Waals surface area (Å²) in [7, 11) is 0. The van der Waals surface area contributed by atoms with E-state index in [2.05, 4.69) is 4.98 Å². The predicted molar refractivity (Wildman–Crippen MR) is 55.0 cm³/mol. The molecular formula is C9H6F4N4O2. The molecule has 0 amide bonds. The topological polar surface area (TPSA) is 91.8 Å². The molecule has 0 saturated carbocycles. The highest BCUT2D eigenvalue weighted by Crippen LogP contribution is 2.28. The van der Waals surface area contributed by atoms with E-state index in [1.807, 2.05) is 0 Å². The lowest BCUT2D eigenvalue weighted by Crippen LogP contribution is -2.35. The Hall–Kier alpha value is -2.44. The zero-order chi connectivity index (χ0) is 14.6. The molecule has 0 saturated heterocycles. The van der Waals surface area contributed by atoms with Gasteiger partial charge in [0.15, 0.2) is 0 Å². The third-order valence-electron chi connectivity index (χ3n) is 2.04. The molecule has 0 fully saturated rings. The van der Waals surface area contributed by atoms with Crippen molar-refractivity contribution in [1.29, 1.82) is 5.26 Å². The summed E-state index contributed by atoms with van der Waals surface area (Å²) in [6.45, 7) is -1.53. The molecule has 0 radical (unpaired) electrons. The molecule has 1 N–H and O–H groups in total. The molecule has 19 heavy (non-hydrogen) atoms. The van der Waals surface area contributed by atoms with E-state index < -0.39 is 40.9 Å². The molecule has 0 aliphatic carbocycles. The lowest BCUT2D eigenvalue weighted by atomic mass is 10.2. The minimum atomic E-state index is -4.36. The fourth-order valence-electron chi connectivity index (χ4n) is 1.14. The van der Waals surface area contributed by atoms with Gasteiger partial charge in [-0.2, -0.15) is 14.0 Å². The number of hydrogen-bond donors (Lipinski definition) is 1. The number of nitrogens with one attached hydrogen (secondary N) is 1. The molecular weight excluding hydrogens is 272 g/mol. The highest BCUT2D eigenvalue weighted by atomic mass is 19.3. The number of nitrogens with zero attached hydrogens (tertiary/aromatic N) is 3. The Balaban J connectivity index is 3.03. The second kappa shape index (κ2) is 5.47. The van der Waals surface area contributed by atoms with Gasteiger partial charge in [-0.25, -0.2) is 13.8 Å². The van der Waals surface area contributed by atoms with E-state index in [1.165, 1.54) is 6.07 Å². The van der Waals surface area contributed by atoms with Gasteiger partial charge in [-0.3, -0.25) is 10.1 Å². The van der Waals surface area contributed by atoms with E-state index in [4.69, 9.17) is 5.26 Å². The molecule has 0 aromatic carbocycles. The summed E-state index contributed by atoms with van der Waals surface area (Å²) >= 11 is 0. The van der Waals surface area contributed by atoms with Crippen molar-refractivity contribution in [3.63, 3.8) is 0 Å². The third-order valence-corrected chi connectivity index (χ3v) is 2.04. The van der Waals surface area contributed by atoms with Crippen LogP contribution in [-0.2, 0) is 0 Å². The molecule has 102 valence electrons. The SMILES string of the molecule is N#Cc1ccnc(NCC(F)(F)C(F)F)c1[N+](=O)[O-]. The van der Waals surface area contributed by atoms with Crippen molar-refractivity contribution in [2.45, 2.75) is 12.3 Å². The zero-order valence-electron chi connectivity index (χ0n) is 9.11. The first-order chi connectivity index (χ1) is 8.79. The maximum atomic E-state index is 12.7. The Morgan fingerprint density at radius 2 is 2.21 bits per heavy atom. The fourth-order valence-corrected chi connectivity index (χ4v) is 1.14. The molecule has 1 aromatic heterocycles. The third kappa shape index (κ3) is 3.27. The van der Waals surface area contributed by atoms with Crippen LogP contribution in [0.15, 0.2) is 12.3 Å². The van der Waals surface area contributed by atoms with Crippen molar-refractivity contribution in [3.05, 3.63) is 27.9 Å². The fraction of sp³-hybridized carbons (Fsp3) is 0.333. The minimum absolute atomic E-state index is 0.414. The van der Waals surface area contributed by atoms with Crippen LogP contribution in [0.3, 0.4) is 0 Å². The van der Waals surface area contributed by atoms with Crippen molar-refractivity contribution >= 4 is 11.5 Å². The van der Waals surface area contributed by atoms with Crippen LogP contribution in [0, 0.1) is 21.4 Å². The van der Waals surface area contributed by atoms with E-state index in [-0.39, 0.29) is 0 Å². The van der Waals surface area contributed by atoms with Gasteiger partial charge in [-0.15, -0.1) is 0 Å². The summed E-state index contributed by atoms with van der Waals surface area (Å²) in [5, 5.41) is 21.1. The minimum Gasteiger partial charge on any atom is -0.358 e. The highest BCUT2D eigenvalue weighted by molar-refractivity contribution is 5.64. The molecule has 1 aromatic rings. The van der Waals surface area contributed by atoms with Crippen LogP contribution in [0.1, 0.15) is 5.56 Å². The molecule has 0 aliphatic heterocycles. The number of nitro groups is 1. The van der Waals surface area contributed by atoms with E-state index >= 15 is 0 Å². The van der Waals surface area contributed by atoms with Gasteiger partial charge in [0.05, 0.1) is 11.5 Å². The average molecular weight is 278 g/mol. The molecule has 1 rings (SSSR count). The number of alkyl halides is 4. The van der Waals surface area contributed by atoms with Gasteiger partial charge in [0.1, 0.15) is 11.6 Å². The zero-order valence-corrected chi connectivity index (χ0v) is 9.11. The van der Waals surface area contributed by atoms with Crippen molar-refractivity contribution in [1.82, 2.24) is 4.98 Å².